The van der Waals surface area contributed by atoms with Crippen LogP contribution in [-0.4, -0.2) is 21.2 Å². The molecule has 0 aliphatic carbocycles. The van der Waals surface area contributed by atoms with E-state index in [9.17, 15) is 4.79 Å². The minimum atomic E-state index is 0.457. The van der Waals surface area contributed by atoms with Crippen LogP contribution >= 0.6 is 31.9 Å². The van der Waals surface area contributed by atoms with Crippen molar-refractivity contribution >= 4 is 38.1 Å². The van der Waals surface area contributed by atoms with Gasteiger partial charge >= 0.3 is 0 Å². The standard InChI is InChI=1S/C8H5BrN2O.C6H4BrNO/c9-6-1-2-7(11-3-6)8-4-10-5-12-8;7-5-1-2-6(4-9)8-3-5/h1-5H;1-4H. The van der Waals surface area contributed by atoms with Gasteiger partial charge in [-0.2, -0.15) is 0 Å². The number of hydrogen-bond donors (Lipinski definition) is 0. The predicted octanol–water partition coefficient (Wildman–Crippen LogP) is 4.16. The maximum Gasteiger partial charge on any atom is 0.181 e. The topological polar surface area (TPSA) is 68.9 Å². The number of rotatable bonds is 2. The first-order valence-corrected chi connectivity index (χ1v) is 7.35. The number of oxazole rings is 1. The Kier molecular flexibility index (Phi) is 5.77. The lowest BCUT2D eigenvalue weighted by molar-refractivity contribution is 0.111. The predicted molar refractivity (Wildman–Crippen MR) is 84.8 cm³/mol. The quantitative estimate of drug-likeness (QED) is 0.593. The van der Waals surface area contributed by atoms with E-state index in [1.54, 1.807) is 30.7 Å². The molecule has 0 amide bonds. The Morgan fingerprint density at radius 3 is 2.14 bits per heavy atom. The number of aromatic nitrogens is 3. The molecule has 3 rings (SSSR count). The van der Waals surface area contributed by atoms with Crippen molar-refractivity contribution in [1.82, 2.24) is 15.0 Å². The third-order valence-electron chi connectivity index (χ3n) is 2.28. The highest BCUT2D eigenvalue weighted by atomic mass is 79.9. The first-order valence-electron chi connectivity index (χ1n) is 5.76. The van der Waals surface area contributed by atoms with Gasteiger partial charge in [0.05, 0.1) is 6.20 Å². The van der Waals surface area contributed by atoms with Crippen LogP contribution in [0, 0.1) is 0 Å². The van der Waals surface area contributed by atoms with Gasteiger partial charge in [-0.15, -0.1) is 0 Å². The molecule has 0 radical (unpaired) electrons. The van der Waals surface area contributed by atoms with Gasteiger partial charge in [0.1, 0.15) is 11.4 Å². The number of hydrogen-bond acceptors (Lipinski definition) is 5. The van der Waals surface area contributed by atoms with Crippen LogP contribution in [0.2, 0.25) is 0 Å². The molecule has 3 aromatic heterocycles. The lowest BCUT2D eigenvalue weighted by atomic mass is 10.3. The molecule has 0 bridgehead atoms. The summed E-state index contributed by atoms with van der Waals surface area (Å²) in [5, 5.41) is 0. The maximum atomic E-state index is 10.0. The van der Waals surface area contributed by atoms with Crippen LogP contribution in [0.25, 0.3) is 11.5 Å². The van der Waals surface area contributed by atoms with Crippen molar-refractivity contribution in [3.05, 3.63) is 63.9 Å². The van der Waals surface area contributed by atoms with Crippen LogP contribution in [0.5, 0.6) is 0 Å². The fourth-order valence-corrected chi connectivity index (χ4v) is 1.79. The van der Waals surface area contributed by atoms with Crippen molar-refractivity contribution < 1.29 is 9.21 Å². The van der Waals surface area contributed by atoms with Crippen LogP contribution in [0.4, 0.5) is 0 Å². The summed E-state index contributed by atoms with van der Waals surface area (Å²) in [5.74, 6) is 0.683. The second kappa shape index (κ2) is 7.80. The molecule has 0 fully saturated rings. The summed E-state index contributed by atoms with van der Waals surface area (Å²) in [4.78, 5) is 21.8. The molecule has 21 heavy (non-hydrogen) atoms. The van der Waals surface area contributed by atoms with Gasteiger partial charge in [0, 0.05) is 21.3 Å². The first-order chi connectivity index (χ1) is 10.2. The van der Waals surface area contributed by atoms with Crippen LogP contribution < -0.4 is 0 Å². The van der Waals surface area contributed by atoms with Crippen LogP contribution in [0.15, 0.2) is 62.6 Å². The average molecular weight is 411 g/mol. The minimum absolute atomic E-state index is 0.457. The van der Waals surface area contributed by atoms with Crippen molar-refractivity contribution in [3.63, 3.8) is 0 Å². The van der Waals surface area contributed by atoms with Gasteiger partial charge in [-0.25, -0.2) is 4.98 Å². The summed E-state index contributed by atoms with van der Waals surface area (Å²) >= 11 is 6.50. The number of carbonyl (C=O) groups is 1. The number of halogens is 2. The summed E-state index contributed by atoms with van der Waals surface area (Å²) in [7, 11) is 0. The maximum absolute atomic E-state index is 10.0. The van der Waals surface area contributed by atoms with E-state index in [0.717, 1.165) is 14.6 Å². The van der Waals surface area contributed by atoms with Gasteiger partial charge in [0.25, 0.3) is 0 Å². The number of carbonyl (C=O) groups excluding carboxylic acids is 1. The summed E-state index contributed by atoms with van der Waals surface area (Å²) in [5.41, 5.74) is 1.24. The van der Waals surface area contributed by atoms with E-state index in [2.05, 4.69) is 46.8 Å². The minimum Gasteiger partial charge on any atom is -0.442 e. The molecule has 0 spiro atoms. The van der Waals surface area contributed by atoms with Gasteiger partial charge in [-0.3, -0.25) is 14.8 Å². The third kappa shape index (κ3) is 4.87. The lowest BCUT2D eigenvalue weighted by Gasteiger charge is -1.93. The molecule has 0 N–H and O–H groups in total. The van der Waals surface area contributed by atoms with E-state index >= 15 is 0 Å². The molecule has 3 aromatic rings. The third-order valence-corrected chi connectivity index (χ3v) is 3.22. The summed E-state index contributed by atoms with van der Waals surface area (Å²) in [6.45, 7) is 0. The molecule has 3 heterocycles. The van der Waals surface area contributed by atoms with Crippen molar-refractivity contribution in [3.8, 4) is 11.5 Å². The second-order valence-electron chi connectivity index (χ2n) is 3.75. The van der Waals surface area contributed by atoms with Crippen LogP contribution in [0.1, 0.15) is 10.5 Å². The number of aldehydes is 1. The monoisotopic (exact) mass is 409 g/mol. The van der Waals surface area contributed by atoms with Crippen LogP contribution in [-0.2, 0) is 0 Å². The summed E-state index contributed by atoms with van der Waals surface area (Å²) < 4.78 is 6.90. The molecule has 0 unspecified atom stereocenters. The smallest absolute Gasteiger partial charge is 0.181 e. The fraction of sp³-hybridized carbons (Fsp3) is 0. The molecule has 0 atom stereocenters. The Morgan fingerprint density at radius 2 is 1.67 bits per heavy atom. The SMILES string of the molecule is Brc1ccc(-c2cnco2)nc1.O=Cc1ccc(Br)cn1. The highest BCUT2D eigenvalue weighted by Crippen LogP contribution is 2.17. The molecule has 0 saturated carbocycles. The molecule has 106 valence electrons. The average Bonchev–Trinajstić information content (AvgIpc) is 3.04. The Morgan fingerprint density at radius 1 is 0.952 bits per heavy atom. The van der Waals surface area contributed by atoms with Crippen molar-refractivity contribution in [2.75, 3.05) is 0 Å². The molecule has 0 aliphatic heterocycles. The fourth-order valence-electron chi connectivity index (χ4n) is 1.32. The first kappa shape index (κ1) is 15.5. The van der Waals surface area contributed by atoms with E-state index in [1.165, 1.54) is 6.39 Å². The number of pyridine rings is 2. The van der Waals surface area contributed by atoms with Gasteiger partial charge in [-0.05, 0) is 56.1 Å². The molecule has 0 aliphatic rings. The van der Waals surface area contributed by atoms with E-state index in [4.69, 9.17) is 4.42 Å². The Bertz CT molecular complexity index is 683. The van der Waals surface area contributed by atoms with Crippen LogP contribution in [0.3, 0.4) is 0 Å². The summed E-state index contributed by atoms with van der Waals surface area (Å²) in [6, 6.07) is 7.20. The molecular formula is C14H9Br2N3O2. The molecule has 7 heteroatoms. The highest BCUT2D eigenvalue weighted by molar-refractivity contribution is 9.10. The normalized spacial score (nSPS) is 9.62. The van der Waals surface area contributed by atoms with Gasteiger partial charge in [0.2, 0.25) is 0 Å². The lowest BCUT2D eigenvalue weighted by Crippen LogP contribution is -1.82. The zero-order valence-electron chi connectivity index (χ0n) is 10.6. The Labute approximate surface area is 137 Å². The molecule has 0 aromatic carbocycles. The van der Waals surface area contributed by atoms with E-state index < -0.39 is 0 Å². The Hall–Kier alpha value is -1.86. The summed E-state index contributed by atoms with van der Waals surface area (Å²) in [6.07, 6.45) is 7.04. The molecule has 5 nitrogen and oxygen atoms in total. The molecular weight excluding hydrogens is 402 g/mol. The highest BCUT2D eigenvalue weighted by Gasteiger charge is 2.00. The van der Waals surface area contributed by atoms with Gasteiger partial charge in [0.15, 0.2) is 18.4 Å². The Balaban J connectivity index is 0.000000161. The largest absolute Gasteiger partial charge is 0.442 e. The van der Waals surface area contributed by atoms with Gasteiger partial charge in [-0.1, -0.05) is 0 Å². The second-order valence-corrected chi connectivity index (χ2v) is 5.58. The van der Waals surface area contributed by atoms with Gasteiger partial charge < -0.3 is 4.42 Å². The number of nitrogens with zero attached hydrogens (tertiary/aromatic N) is 3. The van der Waals surface area contributed by atoms with E-state index in [1.807, 2.05) is 12.1 Å². The zero-order valence-corrected chi connectivity index (χ0v) is 13.8. The van der Waals surface area contributed by atoms with E-state index in [-0.39, 0.29) is 0 Å². The van der Waals surface area contributed by atoms with Crippen molar-refractivity contribution in [2.45, 2.75) is 0 Å². The zero-order chi connectivity index (χ0) is 15.1. The van der Waals surface area contributed by atoms with Crippen molar-refractivity contribution in [1.29, 1.82) is 0 Å². The van der Waals surface area contributed by atoms with Crippen molar-refractivity contribution in [2.24, 2.45) is 0 Å². The molecule has 0 saturated heterocycles. The van der Waals surface area contributed by atoms with E-state index in [0.29, 0.717) is 17.7 Å².